The minimum Gasteiger partial charge on any atom is -0.444 e. The fourth-order valence-electron chi connectivity index (χ4n) is 1.86. The van der Waals surface area contributed by atoms with Gasteiger partial charge in [-0.3, -0.25) is 0 Å². The fourth-order valence-corrected chi connectivity index (χ4v) is 1.86. The average Bonchev–Trinajstić information content (AvgIpc) is 3.00. The summed E-state index contributed by atoms with van der Waals surface area (Å²) >= 11 is 0. The summed E-state index contributed by atoms with van der Waals surface area (Å²) in [6.07, 6.45) is 6.95. The van der Waals surface area contributed by atoms with Crippen molar-refractivity contribution in [2.24, 2.45) is 0 Å². The number of rotatable bonds is 3. The maximum absolute atomic E-state index is 5.59. The van der Waals surface area contributed by atoms with Crippen LogP contribution in [0.5, 0.6) is 0 Å². The van der Waals surface area contributed by atoms with Crippen molar-refractivity contribution in [3.05, 3.63) is 48.7 Å². The van der Waals surface area contributed by atoms with Gasteiger partial charge in [0.1, 0.15) is 18.1 Å². The summed E-state index contributed by atoms with van der Waals surface area (Å²) in [5.41, 5.74) is 7.49. The predicted octanol–water partition coefficient (Wildman–Crippen LogP) is 1.87. The van der Waals surface area contributed by atoms with Gasteiger partial charge in [-0.25, -0.2) is 15.0 Å². The van der Waals surface area contributed by atoms with E-state index in [9.17, 15) is 0 Å². The summed E-state index contributed by atoms with van der Waals surface area (Å²) in [6.45, 7) is 2.41. The topological polar surface area (TPSA) is 82.8 Å². The first-order valence-corrected chi connectivity index (χ1v) is 5.86. The summed E-state index contributed by atoms with van der Waals surface area (Å²) in [5.74, 6) is 1.95. The number of nitrogens with zero attached hydrogens (tertiary/aromatic N) is 4. The molecule has 0 aliphatic heterocycles. The number of hydrogen-bond donors (Lipinski definition) is 1. The van der Waals surface area contributed by atoms with Gasteiger partial charge in [-0.1, -0.05) is 0 Å². The van der Waals surface area contributed by atoms with Gasteiger partial charge in [0.2, 0.25) is 5.89 Å². The van der Waals surface area contributed by atoms with Crippen LogP contribution in [0.25, 0.3) is 11.3 Å². The van der Waals surface area contributed by atoms with Gasteiger partial charge in [-0.05, 0) is 19.1 Å². The number of hydrogen-bond acceptors (Lipinski definition) is 5. The van der Waals surface area contributed by atoms with Crippen LogP contribution in [-0.2, 0) is 6.54 Å². The lowest BCUT2D eigenvalue weighted by Crippen LogP contribution is -2.01. The van der Waals surface area contributed by atoms with Crippen molar-refractivity contribution in [3.63, 3.8) is 0 Å². The van der Waals surface area contributed by atoms with Crippen molar-refractivity contribution in [3.8, 4) is 11.3 Å². The molecule has 0 amide bonds. The molecule has 3 rings (SSSR count). The quantitative estimate of drug-likeness (QED) is 0.772. The van der Waals surface area contributed by atoms with E-state index in [1.54, 1.807) is 31.0 Å². The van der Waals surface area contributed by atoms with Crippen LogP contribution in [0.4, 0.5) is 5.82 Å². The Bertz CT molecular complexity index is 683. The SMILES string of the molecule is Cc1cnc(Cn2cncc2-c2ccc(N)nc2)o1. The van der Waals surface area contributed by atoms with Gasteiger partial charge in [0.15, 0.2) is 0 Å². The van der Waals surface area contributed by atoms with Crippen molar-refractivity contribution in [1.82, 2.24) is 19.5 Å². The number of aromatic nitrogens is 4. The van der Waals surface area contributed by atoms with E-state index in [4.69, 9.17) is 10.2 Å². The molecule has 0 aliphatic carbocycles. The highest BCUT2D eigenvalue weighted by molar-refractivity contribution is 5.59. The number of pyridine rings is 1. The molecule has 3 aromatic heterocycles. The number of nitrogens with two attached hydrogens (primary N) is 1. The zero-order valence-corrected chi connectivity index (χ0v) is 10.4. The minimum atomic E-state index is 0.498. The van der Waals surface area contributed by atoms with Crippen molar-refractivity contribution < 1.29 is 4.42 Å². The molecule has 2 N–H and O–H groups in total. The first kappa shape index (κ1) is 11.5. The normalized spacial score (nSPS) is 10.8. The Balaban J connectivity index is 1.92. The Kier molecular flexibility index (Phi) is 2.75. The minimum absolute atomic E-state index is 0.498. The monoisotopic (exact) mass is 255 g/mol. The summed E-state index contributed by atoms with van der Waals surface area (Å²) in [7, 11) is 0. The third kappa shape index (κ3) is 2.33. The number of imidazole rings is 1. The molecule has 0 saturated heterocycles. The average molecular weight is 255 g/mol. The van der Waals surface area contributed by atoms with Gasteiger partial charge >= 0.3 is 0 Å². The van der Waals surface area contributed by atoms with Gasteiger partial charge in [0, 0.05) is 11.8 Å². The first-order chi connectivity index (χ1) is 9.22. The molecular formula is C13H13N5O. The lowest BCUT2D eigenvalue weighted by atomic mass is 10.2. The van der Waals surface area contributed by atoms with E-state index < -0.39 is 0 Å². The summed E-state index contributed by atoms with van der Waals surface area (Å²) < 4.78 is 7.43. The van der Waals surface area contributed by atoms with Gasteiger partial charge in [-0.15, -0.1) is 0 Å². The molecule has 0 atom stereocenters. The Morgan fingerprint density at radius 3 is 2.79 bits per heavy atom. The maximum atomic E-state index is 5.59. The zero-order chi connectivity index (χ0) is 13.2. The lowest BCUT2D eigenvalue weighted by molar-refractivity contribution is 0.458. The molecule has 0 aromatic carbocycles. The molecule has 3 heterocycles. The van der Waals surface area contributed by atoms with Crippen LogP contribution in [0.3, 0.4) is 0 Å². The van der Waals surface area contributed by atoms with Gasteiger partial charge < -0.3 is 14.7 Å². The third-order valence-corrected chi connectivity index (χ3v) is 2.77. The van der Waals surface area contributed by atoms with Crippen LogP contribution in [0.2, 0.25) is 0 Å². The number of anilines is 1. The highest BCUT2D eigenvalue weighted by atomic mass is 16.4. The number of aryl methyl sites for hydroxylation is 1. The Labute approximate surface area is 109 Å². The molecule has 0 fully saturated rings. The molecule has 6 heteroatoms. The smallest absolute Gasteiger partial charge is 0.214 e. The van der Waals surface area contributed by atoms with E-state index in [-0.39, 0.29) is 0 Å². The third-order valence-electron chi connectivity index (χ3n) is 2.77. The molecule has 0 spiro atoms. The number of nitrogen functional groups attached to an aromatic ring is 1. The van der Waals surface area contributed by atoms with Gasteiger partial charge in [0.05, 0.1) is 24.4 Å². The van der Waals surface area contributed by atoms with E-state index in [1.165, 1.54) is 0 Å². The van der Waals surface area contributed by atoms with Crippen LogP contribution in [0.15, 0.2) is 41.5 Å². The van der Waals surface area contributed by atoms with Gasteiger partial charge in [0.25, 0.3) is 0 Å². The first-order valence-electron chi connectivity index (χ1n) is 5.86. The van der Waals surface area contributed by atoms with Crippen molar-refractivity contribution >= 4 is 5.82 Å². The largest absolute Gasteiger partial charge is 0.444 e. The zero-order valence-electron chi connectivity index (χ0n) is 10.4. The van der Waals surface area contributed by atoms with E-state index in [2.05, 4.69) is 15.0 Å². The summed E-state index contributed by atoms with van der Waals surface area (Å²) in [4.78, 5) is 12.4. The molecule has 0 saturated carbocycles. The molecule has 19 heavy (non-hydrogen) atoms. The van der Waals surface area contributed by atoms with Crippen molar-refractivity contribution in [2.75, 3.05) is 5.73 Å². The Morgan fingerprint density at radius 2 is 2.11 bits per heavy atom. The summed E-state index contributed by atoms with van der Waals surface area (Å²) in [5, 5.41) is 0. The second-order valence-electron chi connectivity index (χ2n) is 4.24. The van der Waals surface area contributed by atoms with E-state index >= 15 is 0 Å². The van der Waals surface area contributed by atoms with Crippen molar-refractivity contribution in [1.29, 1.82) is 0 Å². The molecule has 3 aromatic rings. The van der Waals surface area contributed by atoms with E-state index in [1.807, 2.05) is 17.6 Å². The highest BCUT2D eigenvalue weighted by Gasteiger charge is 2.08. The molecule has 96 valence electrons. The van der Waals surface area contributed by atoms with Crippen LogP contribution >= 0.6 is 0 Å². The van der Waals surface area contributed by atoms with Gasteiger partial charge in [-0.2, -0.15) is 0 Å². The predicted molar refractivity (Wildman–Crippen MR) is 70.2 cm³/mol. The van der Waals surface area contributed by atoms with Crippen LogP contribution in [-0.4, -0.2) is 19.5 Å². The fraction of sp³-hybridized carbons (Fsp3) is 0.154. The van der Waals surface area contributed by atoms with Crippen LogP contribution < -0.4 is 5.73 Å². The highest BCUT2D eigenvalue weighted by Crippen LogP contribution is 2.19. The Morgan fingerprint density at radius 1 is 1.21 bits per heavy atom. The van der Waals surface area contributed by atoms with E-state index in [0.717, 1.165) is 17.0 Å². The molecule has 0 radical (unpaired) electrons. The second kappa shape index (κ2) is 4.56. The molecular weight excluding hydrogens is 242 g/mol. The molecule has 6 nitrogen and oxygen atoms in total. The molecule has 0 bridgehead atoms. The Hall–Kier alpha value is -2.63. The standard InChI is InChI=1S/C13H13N5O/c1-9-4-17-13(19-9)7-18-8-15-6-11(18)10-2-3-12(14)16-5-10/h2-6,8H,7H2,1H3,(H2,14,16). The van der Waals surface area contributed by atoms with E-state index in [0.29, 0.717) is 18.3 Å². The van der Waals surface area contributed by atoms with Crippen LogP contribution in [0, 0.1) is 6.92 Å². The lowest BCUT2D eigenvalue weighted by Gasteiger charge is -2.05. The van der Waals surface area contributed by atoms with Crippen LogP contribution in [0.1, 0.15) is 11.7 Å². The molecule has 0 unspecified atom stereocenters. The number of oxazole rings is 1. The van der Waals surface area contributed by atoms with Crippen molar-refractivity contribution in [2.45, 2.75) is 13.5 Å². The molecule has 0 aliphatic rings. The maximum Gasteiger partial charge on any atom is 0.214 e. The summed E-state index contributed by atoms with van der Waals surface area (Å²) in [6, 6.07) is 3.68. The second-order valence-corrected chi connectivity index (χ2v) is 4.24.